The molecule has 0 aromatic carbocycles. The Morgan fingerprint density at radius 1 is 1.12 bits per heavy atom. The van der Waals surface area contributed by atoms with Crippen LogP contribution in [-0.2, 0) is 0 Å². The van der Waals surface area contributed by atoms with Gasteiger partial charge in [0.15, 0.2) is 0 Å². The van der Waals surface area contributed by atoms with E-state index in [1.54, 1.807) is 0 Å². The first kappa shape index (κ1) is 22.6. The average molecular weight is 452 g/mol. The van der Waals surface area contributed by atoms with Crippen LogP contribution in [0.2, 0.25) is 0 Å². The van der Waals surface area contributed by atoms with Gasteiger partial charge < -0.3 is 10.6 Å². The minimum absolute atomic E-state index is 0.461. The second-order valence-electron chi connectivity index (χ2n) is 8.21. The fraction of sp³-hybridized carbons (Fsp3) is 1.00. The molecule has 1 rings (SSSR count). The fourth-order valence-electron chi connectivity index (χ4n) is 3.90. The molecule has 5 heteroatoms. The molecule has 0 aromatic heterocycles. The summed E-state index contributed by atoms with van der Waals surface area (Å²) in [5, 5.41) is 11.2. The van der Waals surface area contributed by atoms with Gasteiger partial charge >= 0.3 is 0 Å². The van der Waals surface area contributed by atoms with Gasteiger partial charge in [-0.05, 0) is 72.3 Å². The van der Waals surface area contributed by atoms with Crippen molar-refractivity contribution >= 4 is 22.9 Å². The van der Waals surface area contributed by atoms with E-state index < -0.39 is 0 Å². The number of hydrogen-bond acceptors (Lipinski definition) is 4. The van der Waals surface area contributed by atoms with E-state index in [-0.39, 0.29) is 0 Å². The normalized spacial score (nSPS) is 27.9. The summed E-state index contributed by atoms with van der Waals surface area (Å²) < 4.78 is 2.43. The molecule has 0 spiro atoms. The van der Waals surface area contributed by atoms with Gasteiger partial charge in [0.05, 0.1) is 6.17 Å². The second kappa shape index (κ2) is 11.3. The van der Waals surface area contributed by atoms with Crippen molar-refractivity contribution in [1.29, 1.82) is 0 Å². The second-order valence-corrected chi connectivity index (χ2v) is 9.32. The van der Waals surface area contributed by atoms with Crippen molar-refractivity contribution in [2.24, 2.45) is 11.8 Å². The number of hydrogen-bond donors (Lipinski definition) is 3. The molecule has 0 heterocycles. The zero-order valence-electron chi connectivity index (χ0n) is 16.9. The van der Waals surface area contributed by atoms with Gasteiger partial charge in [-0.3, -0.25) is 5.32 Å². The third kappa shape index (κ3) is 7.44. The molecule has 5 atom stereocenters. The molecule has 1 aliphatic carbocycles. The van der Waals surface area contributed by atoms with Crippen LogP contribution in [-0.4, -0.2) is 46.5 Å². The molecule has 4 nitrogen and oxygen atoms in total. The number of nitrogens with one attached hydrogen (secondary N) is 3. The summed E-state index contributed by atoms with van der Waals surface area (Å²) in [5.74, 6) is 1.49. The third-order valence-corrected chi connectivity index (χ3v) is 7.27. The standard InChI is InChI=1S/C19H41IN4/c1-8-21-19(23-13(2)3)17-9-10-18(15(6)11-17)22-12-16(7)24(20)14(4)5/h13-19,21-23H,8-12H2,1-7H3/t15-,16+,17+,18+,19+/m0/s1. The van der Waals surface area contributed by atoms with Gasteiger partial charge in [0.1, 0.15) is 0 Å². The minimum atomic E-state index is 0.461. The SMILES string of the molecule is CCN[C@H](NC(C)C)[C@@H]1CC[C@@H](NC[C@@H](C)N(I)C(C)C)[C@@H](C)C1. The Morgan fingerprint density at radius 3 is 2.29 bits per heavy atom. The highest BCUT2D eigenvalue weighted by atomic mass is 127. The Labute approximate surface area is 164 Å². The number of nitrogens with zero attached hydrogens (tertiary/aromatic N) is 1. The average Bonchev–Trinajstić information content (AvgIpc) is 2.51. The van der Waals surface area contributed by atoms with Crippen LogP contribution in [0.1, 0.15) is 67.7 Å². The summed E-state index contributed by atoms with van der Waals surface area (Å²) >= 11 is 2.47. The van der Waals surface area contributed by atoms with Gasteiger partial charge in [-0.25, -0.2) is 3.11 Å². The zero-order valence-corrected chi connectivity index (χ0v) is 19.1. The van der Waals surface area contributed by atoms with Gasteiger partial charge in [-0.2, -0.15) is 0 Å². The smallest absolute Gasteiger partial charge is 0.0602 e. The zero-order chi connectivity index (χ0) is 18.3. The highest BCUT2D eigenvalue weighted by Gasteiger charge is 2.32. The molecule has 144 valence electrons. The fourth-order valence-corrected chi connectivity index (χ4v) is 4.10. The first-order chi connectivity index (χ1) is 11.3. The van der Waals surface area contributed by atoms with E-state index >= 15 is 0 Å². The van der Waals surface area contributed by atoms with Crippen LogP contribution in [0.25, 0.3) is 0 Å². The molecule has 24 heavy (non-hydrogen) atoms. The lowest BCUT2D eigenvalue weighted by Crippen LogP contribution is -2.53. The quantitative estimate of drug-likeness (QED) is 0.268. The van der Waals surface area contributed by atoms with Crippen LogP contribution in [0, 0.1) is 11.8 Å². The van der Waals surface area contributed by atoms with E-state index in [9.17, 15) is 0 Å². The summed E-state index contributed by atoms with van der Waals surface area (Å²) in [6.45, 7) is 18.1. The number of halogens is 1. The lowest BCUT2D eigenvalue weighted by molar-refractivity contribution is 0.155. The van der Waals surface area contributed by atoms with Crippen molar-refractivity contribution in [3.05, 3.63) is 0 Å². The molecular weight excluding hydrogens is 411 g/mol. The van der Waals surface area contributed by atoms with Crippen molar-refractivity contribution in [2.45, 2.75) is 98.1 Å². The van der Waals surface area contributed by atoms with Crippen molar-refractivity contribution in [3.8, 4) is 0 Å². The highest BCUT2D eigenvalue weighted by Crippen LogP contribution is 2.31. The van der Waals surface area contributed by atoms with Gasteiger partial charge in [0, 0.05) is 53.6 Å². The van der Waals surface area contributed by atoms with E-state index in [0.29, 0.717) is 30.3 Å². The van der Waals surface area contributed by atoms with Gasteiger partial charge in [0.2, 0.25) is 0 Å². The lowest BCUT2D eigenvalue weighted by atomic mass is 9.77. The molecule has 0 unspecified atom stereocenters. The summed E-state index contributed by atoms with van der Waals surface area (Å²) in [6, 6.07) is 2.37. The predicted octanol–water partition coefficient (Wildman–Crippen LogP) is 3.76. The van der Waals surface area contributed by atoms with Gasteiger partial charge in [0.25, 0.3) is 0 Å². The maximum atomic E-state index is 3.85. The lowest BCUT2D eigenvalue weighted by Gasteiger charge is -2.40. The Balaban J connectivity index is 2.47. The van der Waals surface area contributed by atoms with Crippen molar-refractivity contribution in [2.75, 3.05) is 13.1 Å². The van der Waals surface area contributed by atoms with Crippen molar-refractivity contribution in [1.82, 2.24) is 19.1 Å². The maximum Gasteiger partial charge on any atom is 0.0602 e. The summed E-state index contributed by atoms with van der Waals surface area (Å²) in [6.07, 6.45) is 4.37. The Hall–Kier alpha value is 0.570. The van der Waals surface area contributed by atoms with Crippen LogP contribution in [0.5, 0.6) is 0 Å². The Morgan fingerprint density at radius 2 is 1.79 bits per heavy atom. The van der Waals surface area contributed by atoms with E-state index in [2.05, 4.69) is 90.4 Å². The van der Waals surface area contributed by atoms with Crippen LogP contribution in [0.15, 0.2) is 0 Å². The molecule has 0 aliphatic heterocycles. The first-order valence-corrected chi connectivity index (χ1v) is 10.9. The topological polar surface area (TPSA) is 39.3 Å². The molecule has 1 aliphatic rings. The number of rotatable bonds is 10. The Kier molecular flexibility index (Phi) is 10.7. The van der Waals surface area contributed by atoms with Crippen LogP contribution >= 0.6 is 22.9 Å². The monoisotopic (exact) mass is 452 g/mol. The molecule has 0 aromatic rings. The summed E-state index contributed by atoms with van der Waals surface area (Å²) in [7, 11) is 0. The highest BCUT2D eigenvalue weighted by molar-refractivity contribution is 14.1. The van der Waals surface area contributed by atoms with Crippen molar-refractivity contribution < 1.29 is 0 Å². The molecule has 0 bridgehead atoms. The third-order valence-electron chi connectivity index (χ3n) is 5.21. The molecule has 1 fully saturated rings. The molecule has 0 saturated heterocycles. The summed E-state index contributed by atoms with van der Waals surface area (Å²) in [5.41, 5.74) is 0. The van der Waals surface area contributed by atoms with Gasteiger partial charge in [-0.15, -0.1) is 0 Å². The molecule has 0 amide bonds. The molecule has 3 N–H and O–H groups in total. The first-order valence-electron chi connectivity index (χ1n) is 9.93. The van der Waals surface area contributed by atoms with Crippen LogP contribution in [0.3, 0.4) is 0 Å². The Bertz CT molecular complexity index is 337. The van der Waals surface area contributed by atoms with Crippen molar-refractivity contribution in [3.63, 3.8) is 0 Å². The molecular formula is C19H41IN4. The minimum Gasteiger partial charge on any atom is -0.312 e. The van der Waals surface area contributed by atoms with E-state index in [0.717, 1.165) is 24.9 Å². The van der Waals surface area contributed by atoms with E-state index in [4.69, 9.17) is 0 Å². The predicted molar refractivity (Wildman–Crippen MR) is 114 cm³/mol. The van der Waals surface area contributed by atoms with E-state index in [1.165, 1.54) is 19.3 Å². The molecule has 0 radical (unpaired) electrons. The van der Waals surface area contributed by atoms with Crippen LogP contribution < -0.4 is 16.0 Å². The molecule has 1 saturated carbocycles. The van der Waals surface area contributed by atoms with Crippen LogP contribution in [0.4, 0.5) is 0 Å². The summed E-state index contributed by atoms with van der Waals surface area (Å²) in [4.78, 5) is 0. The van der Waals surface area contributed by atoms with Gasteiger partial charge in [-0.1, -0.05) is 13.8 Å². The maximum absolute atomic E-state index is 3.85. The largest absolute Gasteiger partial charge is 0.312 e. The van der Waals surface area contributed by atoms with E-state index in [1.807, 2.05) is 0 Å².